The largest absolute Gasteiger partial charge is 0.349 e. The van der Waals surface area contributed by atoms with Gasteiger partial charge in [-0.2, -0.15) is 0 Å². The summed E-state index contributed by atoms with van der Waals surface area (Å²) < 4.78 is 2.24. The summed E-state index contributed by atoms with van der Waals surface area (Å²) in [5.74, 6) is 0.391. The Hall–Kier alpha value is -2.53. The fraction of sp³-hybridized carbons (Fsp3) is 0.304. The van der Waals surface area contributed by atoms with Crippen LogP contribution in [0.15, 0.2) is 65.8 Å². The van der Waals surface area contributed by atoms with Crippen LogP contribution in [-0.4, -0.2) is 21.2 Å². The maximum absolute atomic E-state index is 12.5. The van der Waals surface area contributed by atoms with Crippen LogP contribution in [0.2, 0.25) is 0 Å². The molecule has 5 heteroatoms. The number of hydrogen-bond donors (Lipinski definition) is 1. The van der Waals surface area contributed by atoms with E-state index in [4.69, 9.17) is 4.98 Å². The Balaban J connectivity index is 1.49. The number of benzene rings is 2. The number of rotatable bonds is 6. The SMILES string of the molecule is CC(NC(=O)CSc1nc2c(n1-c1ccccc1)CCCC2)c1ccccc1. The van der Waals surface area contributed by atoms with Crippen LogP contribution in [0.4, 0.5) is 0 Å². The Morgan fingerprint density at radius 1 is 1.07 bits per heavy atom. The van der Waals surface area contributed by atoms with Crippen molar-refractivity contribution in [1.82, 2.24) is 14.9 Å². The number of thioether (sulfide) groups is 1. The number of carbonyl (C=O) groups excluding carboxylic acids is 1. The molecule has 1 aliphatic rings. The molecule has 0 fully saturated rings. The molecule has 0 saturated carbocycles. The normalized spacial score (nSPS) is 14.3. The highest BCUT2D eigenvalue weighted by atomic mass is 32.2. The van der Waals surface area contributed by atoms with Gasteiger partial charge in [-0.3, -0.25) is 9.36 Å². The number of carbonyl (C=O) groups is 1. The van der Waals surface area contributed by atoms with E-state index in [9.17, 15) is 4.79 Å². The van der Waals surface area contributed by atoms with E-state index >= 15 is 0 Å². The highest BCUT2D eigenvalue weighted by Crippen LogP contribution is 2.30. The summed E-state index contributed by atoms with van der Waals surface area (Å²) >= 11 is 1.52. The van der Waals surface area contributed by atoms with Crippen LogP contribution in [0.1, 0.15) is 42.8 Å². The molecule has 2 aromatic carbocycles. The Kier molecular flexibility index (Phi) is 5.81. The highest BCUT2D eigenvalue weighted by Gasteiger charge is 2.22. The first-order valence-electron chi connectivity index (χ1n) is 9.85. The molecular formula is C23H25N3OS. The fourth-order valence-corrected chi connectivity index (χ4v) is 4.56. The first-order valence-corrected chi connectivity index (χ1v) is 10.8. The smallest absolute Gasteiger partial charge is 0.230 e. The van der Waals surface area contributed by atoms with E-state index in [0.717, 1.165) is 29.2 Å². The third-order valence-corrected chi connectivity index (χ3v) is 6.06. The van der Waals surface area contributed by atoms with E-state index in [0.29, 0.717) is 5.75 Å². The molecule has 0 saturated heterocycles. The quantitative estimate of drug-likeness (QED) is 0.619. The van der Waals surface area contributed by atoms with Crippen molar-refractivity contribution in [2.24, 2.45) is 0 Å². The minimum atomic E-state index is -0.00336. The average Bonchev–Trinajstić information content (AvgIpc) is 3.12. The summed E-state index contributed by atoms with van der Waals surface area (Å²) in [4.78, 5) is 17.4. The van der Waals surface area contributed by atoms with Crippen LogP contribution >= 0.6 is 11.8 Å². The van der Waals surface area contributed by atoms with E-state index in [2.05, 4.69) is 22.0 Å². The standard InChI is InChI=1S/C23H25N3OS/c1-17(18-10-4-2-5-11-18)24-22(27)16-28-23-25-20-14-8-9-15-21(20)26(23)19-12-6-3-7-13-19/h2-7,10-13,17H,8-9,14-16H2,1H3,(H,24,27). The molecule has 3 aromatic rings. The summed E-state index contributed by atoms with van der Waals surface area (Å²) in [5, 5.41) is 4.01. The van der Waals surface area contributed by atoms with Crippen LogP contribution in [-0.2, 0) is 17.6 Å². The molecule has 1 amide bonds. The first-order chi connectivity index (χ1) is 13.7. The van der Waals surface area contributed by atoms with Crippen molar-refractivity contribution in [3.8, 4) is 5.69 Å². The summed E-state index contributed by atoms with van der Waals surface area (Å²) in [5.41, 5.74) is 4.73. The molecule has 1 aliphatic carbocycles. The van der Waals surface area contributed by atoms with Gasteiger partial charge in [0, 0.05) is 11.4 Å². The second-order valence-corrected chi connectivity index (χ2v) is 8.10. The van der Waals surface area contributed by atoms with Crippen molar-refractivity contribution in [1.29, 1.82) is 0 Å². The molecule has 4 rings (SSSR count). The molecule has 1 N–H and O–H groups in total. The van der Waals surface area contributed by atoms with E-state index in [1.807, 2.05) is 55.5 Å². The molecule has 1 unspecified atom stereocenters. The van der Waals surface area contributed by atoms with Gasteiger partial charge in [-0.1, -0.05) is 60.3 Å². The van der Waals surface area contributed by atoms with Crippen molar-refractivity contribution in [3.05, 3.63) is 77.6 Å². The number of hydrogen-bond acceptors (Lipinski definition) is 3. The van der Waals surface area contributed by atoms with Gasteiger partial charge in [0.1, 0.15) is 0 Å². The van der Waals surface area contributed by atoms with E-state index in [-0.39, 0.29) is 11.9 Å². The fourth-order valence-electron chi connectivity index (χ4n) is 3.69. The van der Waals surface area contributed by atoms with Gasteiger partial charge >= 0.3 is 0 Å². The van der Waals surface area contributed by atoms with Crippen LogP contribution in [0.25, 0.3) is 5.69 Å². The summed E-state index contributed by atoms with van der Waals surface area (Å²) in [6, 6.07) is 20.4. The molecule has 0 radical (unpaired) electrons. The van der Waals surface area contributed by atoms with Crippen LogP contribution < -0.4 is 5.32 Å². The predicted octanol–water partition coefficient (Wildman–Crippen LogP) is 4.72. The number of fused-ring (bicyclic) bond motifs is 1. The maximum Gasteiger partial charge on any atom is 0.230 e. The van der Waals surface area contributed by atoms with Crippen molar-refractivity contribution >= 4 is 17.7 Å². The zero-order valence-corrected chi connectivity index (χ0v) is 16.9. The number of nitrogens with zero attached hydrogens (tertiary/aromatic N) is 2. The van der Waals surface area contributed by atoms with Crippen molar-refractivity contribution in [2.45, 2.75) is 43.8 Å². The zero-order valence-electron chi connectivity index (χ0n) is 16.1. The van der Waals surface area contributed by atoms with Crippen LogP contribution in [0.3, 0.4) is 0 Å². The minimum Gasteiger partial charge on any atom is -0.349 e. The highest BCUT2D eigenvalue weighted by molar-refractivity contribution is 7.99. The lowest BCUT2D eigenvalue weighted by Crippen LogP contribution is -2.28. The number of imidazole rings is 1. The summed E-state index contributed by atoms with van der Waals surface area (Å²) in [7, 11) is 0. The third kappa shape index (κ3) is 4.14. The first kappa shape index (κ1) is 18.8. The number of para-hydroxylation sites is 1. The van der Waals surface area contributed by atoms with Crippen LogP contribution in [0, 0.1) is 0 Å². The molecular weight excluding hydrogens is 366 g/mol. The molecule has 1 atom stereocenters. The lowest BCUT2D eigenvalue weighted by molar-refractivity contribution is -0.119. The molecule has 28 heavy (non-hydrogen) atoms. The molecule has 4 nitrogen and oxygen atoms in total. The molecule has 0 spiro atoms. The number of nitrogens with one attached hydrogen (secondary N) is 1. The lowest BCUT2D eigenvalue weighted by atomic mass is 10.0. The third-order valence-electron chi connectivity index (χ3n) is 5.13. The lowest BCUT2D eigenvalue weighted by Gasteiger charge is -2.16. The van der Waals surface area contributed by atoms with Crippen molar-refractivity contribution in [2.75, 3.05) is 5.75 Å². The van der Waals surface area contributed by atoms with Crippen molar-refractivity contribution < 1.29 is 4.79 Å². The van der Waals surface area contributed by atoms with E-state index in [1.165, 1.54) is 36.0 Å². The van der Waals surface area contributed by atoms with Crippen molar-refractivity contribution in [3.63, 3.8) is 0 Å². The molecule has 1 aromatic heterocycles. The van der Waals surface area contributed by atoms with Gasteiger partial charge in [-0.15, -0.1) is 0 Å². The predicted molar refractivity (Wildman–Crippen MR) is 114 cm³/mol. The van der Waals surface area contributed by atoms with Gasteiger partial charge in [0.15, 0.2) is 5.16 Å². The Bertz CT molecular complexity index is 937. The zero-order chi connectivity index (χ0) is 19.3. The maximum atomic E-state index is 12.5. The van der Waals surface area contributed by atoms with Gasteiger partial charge in [-0.05, 0) is 50.3 Å². The number of aromatic nitrogens is 2. The molecule has 144 valence electrons. The monoisotopic (exact) mass is 391 g/mol. The van der Waals surface area contributed by atoms with E-state index in [1.54, 1.807) is 0 Å². The number of aryl methyl sites for hydroxylation is 1. The average molecular weight is 392 g/mol. The van der Waals surface area contributed by atoms with Gasteiger partial charge in [0.25, 0.3) is 0 Å². The number of amides is 1. The van der Waals surface area contributed by atoms with Gasteiger partial charge < -0.3 is 5.32 Å². The van der Waals surface area contributed by atoms with Gasteiger partial charge in [-0.25, -0.2) is 4.98 Å². The summed E-state index contributed by atoms with van der Waals surface area (Å²) in [6.45, 7) is 2.02. The Labute approximate surface area is 170 Å². The van der Waals surface area contributed by atoms with Gasteiger partial charge in [0.2, 0.25) is 5.91 Å². The molecule has 1 heterocycles. The summed E-state index contributed by atoms with van der Waals surface area (Å²) in [6.07, 6.45) is 4.47. The second-order valence-electron chi connectivity index (χ2n) is 7.15. The van der Waals surface area contributed by atoms with Gasteiger partial charge in [0.05, 0.1) is 17.5 Å². The second kappa shape index (κ2) is 8.65. The minimum absolute atomic E-state index is 0.00336. The topological polar surface area (TPSA) is 46.9 Å². The van der Waals surface area contributed by atoms with Crippen LogP contribution in [0.5, 0.6) is 0 Å². The molecule has 0 aliphatic heterocycles. The van der Waals surface area contributed by atoms with E-state index < -0.39 is 0 Å². The molecule has 0 bridgehead atoms. The Morgan fingerprint density at radius 2 is 1.75 bits per heavy atom. The Morgan fingerprint density at radius 3 is 2.50 bits per heavy atom.